The first-order valence-corrected chi connectivity index (χ1v) is 11.6. The zero-order chi connectivity index (χ0) is 19.8. The van der Waals surface area contributed by atoms with Gasteiger partial charge in [0.2, 0.25) is 0 Å². The summed E-state index contributed by atoms with van der Waals surface area (Å²) in [5, 5.41) is 9.90. The summed E-state index contributed by atoms with van der Waals surface area (Å²) in [5.74, 6) is 0.432. The van der Waals surface area contributed by atoms with Gasteiger partial charge in [-0.2, -0.15) is 0 Å². The van der Waals surface area contributed by atoms with Crippen molar-refractivity contribution in [1.29, 1.82) is 0 Å². The van der Waals surface area contributed by atoms with E-state index < -0.39 is 0 Å². The van der Waals surface area contributed by atoms with Crippen molar-refractivity contribution in [1.82, 2.24) is 0 Å². The molecule has 0 aromatic heterocycles. The van der Waals surface area contributed by atoms with E-state index in [0.717, 1.165) is 6.42 Å². The first-order chi connectivity index (χ1) is 12.8. The molecule has 0 atom stereocenters. The fourth-order valence-electron chi connectivity index (χ4n) is 4.05. The van der Waals surface area contributed by atoms with Gasteiger partial charge in [-0.1, -0.05) is 72.3 Å². The number of hydrogen-bond acceptors (Lipinski definition) is 1. The molecule has 0 unspecified atom stereocenters. The summed E-state index contributed by atoms with van der Waals surface area (Å²) in [6.07, 6.45) is 18.5. The number of aryl methyl sites for hydroxylation is 2. The first-order valence-electron chi connectivity index (χ1n) is 11.6. The monoisotopic (exact) mass is 372 g/mol. The van der Waals surface area contributed by atoms with Crippen molar-refractivity contribution in [3.63, 3.8) is 0 Å². The van der Waals surface area contributed by atoms with Gasteiger partial charge in [-0.15, -0.1) is 0 Å². The lowest BCUT2D eigenvalue weighted by Gasteiger charge is -2.22. The summed E-state index contributed by atoms with van der Waals surface area (Å²) in [7, 11) is 0. The normalized spacial score (nSPS) is 15.9. The van der Waals surface area contributed by atoms with Gasteiger partial charge in [0, 0.05) is 0 Å². The molecule has 1 fully saturated rings. The second kappa shape index (κ2) is 10.5. The van der Waals surface area contributed by atoms with Crippen molar-refractivity contribution >= 4 is 0 Å². The van der Waals surface area contributed by atoms with Gasteiger partial charge in [-0.3, -0.25) is 0 Å². The number of phenolic OH excluding ortho intramolecular Hbond substituents is 1. The molecule has 0 radical (unpaired) electrons. The molecule has 1 aliphatic rings. The Morgan fingerprint density at radius 3 is 2.19 bits per heavy atom. The molecule has 1 aromatic carbocycles. The van der Waals surface area contributed by atoms with E-state index in [1.807, 2.05) is 12.1 Å². The SMILES string of the molecule is CCC(C)(C)CCCCCCc1ccc(O)cc1CCCCCC1(C)CC1. The number of rotatable bonds is 14. The van der Waals surface area contributed by atoms with Crippen LogP contribution in [0.4, 0.5) is 0 Å². The summed E-state index contributed by atoms with van der Waals surface area (Å²) in [6.45, 7) is 9.52. The van der Waals surface area contributed by atoms with E-state index in [-0.39, 0.29) is 0 Å². The van der Waals surface area contributed by atoms with E-state index in [9.17, 15) is 5.11 Å². The Labute approximate surface area is 169 Å². The topological polar surface area (TPSA) is 20.2 Å². The lowest BCUT2D eigenvalue weighted by molar-refractivity contribution is 0.307. The summed E-state index contributed by atoms with van der Waals surface area (Å²) in [5.41, 5.74) is 4.07. The van der Waals surface area contributed by atoms with Gasteiger partial charge in [0.25, 0.3) is 0 Å². The van der Waals surface area contributed by atoms with Crippen molar-refractivity contribution in [3.8, 4) is 5.75 Å². The van der Waals surface area contributed by atoms with Gasteiger partial charge in [-0.25, -0.2) is 0 Å². The minimum absolute atomic E-state index is 0.432. The molecule has 0 heterocycles. The van der Waals surface area contributed by atoms with Crippen LogP contribution in [0.25, 0.3) is 0 Å². The van der Waals surface area contributed by atoms with E-state index >= 15 is 0 Å². The maximum absolute atomic E-state index is 9.90. The number of unbranched alkanes of at least 4 members (excludes halogenated alkanes) is 5. The summed E-state index contributed by atoms with van der Waals surface area (Å²) in [4.78, 5) is 0. The van der Waals surface area contributed by atoms with Crippen molar-refractivity contribution in [2.45, 2.75) is 118 Å². The third-order valence-corrected chi connectivity index (χ3v) is 7.03. The molecule has 0 saturated heterocycles. The highest BCUT2D eigenvalue weighted by Gasteiger charge is 2.35. The van der Waals surface area contributed by atoms with Gasteiger partial charge in [0.05, 0.1) is 0 Å². The second-order valence-corrected chi connectivity index (χ2v) is 10.3. The van der Waals surface area contributed by atoms with E-state index in [1.54, 1.807) is 0 Å². The Morgan fingerprint density at radius 2 is 1.52 bits per heavy atom. The molecule has 1 N–H and O–H groups in total. The minimum Gasteiger partial charge on any atom is -0.508 e. The van der Waals surface area contributed by atoms with Gasteiger partial charge in [0.1, 0.15) is 5.75 Å². The van der Waals surface area contributed by atoms with Crippen LogP contribution in [0.15, 0.2) is 18.2 Å². The number of aromatic hydroxyl groups is 1. The third kappa shape index (κ3) is 8.71. The maximum Gasteiger partial charge on any atom is 0.115 e. The van der Waals surface area contributed by atoms with Gasteiger partial charge in [-0.05, 0) is 85.5 Å². The van der Waals surface area contributed by atoms with E-state index in [1.165, 1.54) is 94.6 Å². The van der Waals surface area contributed by atoms with Crippen LogP contribution in [0.3, 0.4) is 0 Å². The average molecular weight is 373 g/mol. The largest absolute Gasteiger partial charge is 0.508 e. The molecular weight excluding hydrogens is 328 g/mol. The van der Waals surface area contributed by atoms with Crippen molar-refractivity contribution in [2.24, 2.45) is 10.8 Å². The molecule has 0 amide bonds. The summed E-state index contributed by atoms with van der Waals surface area (Å²) in [6, 6.07) is 6.05. The zero-order valence-corrected chi connectivity index (χ0v) is 18.6. The highest BCUT2D eigenvalue weighted by atomic mass is 16.3. The highest BCUT2D eigenvalue weighted by molar-refractivity contribution is 5.35. The molecule has 154 valence electrons. The second-order valence-electron chi connectivity index (χ2n) is 10.3. The first kappa shape index (κ1) is 22.3. The fourth-order valence-corrected chi connectivity index (χ4v) is 4.05. The van der Waals surface area contributed by atoms with Crippen LogP contribution in [-0.4, -0.2) is 5.11 Å². The molecule has 1 aromatic rings. The molecule has 1 aliphatic carbocycles. The Morgan fingerprint density at radius 1 is 0.889 bits per heavy atom. The van der Waals surface area contributed by atoms with Gasteiger partial charge >= 0.3 is 0 Å². The molecule has 0 spiro atoms. The zero-order valence-electron chi connectivity index (χ0n) is 18.6. The van der Waals surface area contributed by atoms with Crippen molar-refractivity contribution < 1.29 is 5.11 Å². The summed E-state index contributed by atoms with van der Waals surface area (Å²) < 4.78 is 0. The third-order valence-electron chi connectivity index (χ3n) is 7.03. The van der Waals surface area contributed by atoms with Crippen LogP contribution < -0.4 is 0 Å². The van der Waals surface area contributed by atoms with Crippen LogP contribution in [0, 0.1) is 10.8 Å². The van der Waals surface area contributed by atoms with E-state index in [0.29, 0.717) is 16.6 Å². The predicted octanol–water partition coefficient (Wildman–Crippen LogP) is 8.22. The van der Waals surface area contributed by atoms with Crippen LogP contribution >= 0.6 is 0 Å². The van der Waals surface area contributed by atoms with Crippen LogP contribution in [0.2, 0.25) is 0 Å². The molecule has 1 nitrogen and oxygen atoms in total. The predicted molar refractivity (Wildman–Crippen MR) is 118 cm³/mol. The quantitative estimate of drug-likeness (QED) is 0.326. The fraction of sp³-hybridized carbons (Fsp3) is 0.769. The van der Waals surface area contributed by atoms with Gasteiger partial charge < -0.3 is 5.11 Å². The Hall–Kier alpha value is -0.980. The van der Waals surface area contributed by atoms with Crippen molar-refractivity contribution in [2.75, 3.05) is 0 Å². The van der Waals surface area contributed by atoms with Crippen molar-refractivity contribution in [3.05, 3.63) is 29.3 Å². The molecule has 0 bridgehead atoms. The van der Waals surface area contributed by atoms with Crippen LogP contribution in [0.5, 0.6) is 5.75 Å². The maximum atomic E-state index is 9.90. The minimum atomic E-state index is 0.432. The standard InChI is InChI=1S/C26H44O/c1-5-25(2,3)17-11-7-6-9-13-22-15-16-24(27)21-23(22)14-10-8-12-18-26(4)19-20-26/h15-16,21,27H,5-14,17-20H2,1-4H3. The lowest BCUT2D eigenvalue weighted by Crippen LogP contribution is -2.08. The van der Waals surface area contributed by atoms with E-state index in [4.69, 9.17) is 0 Å². The molecule has 0 aliphatic heterocycles. The molecule has 1 saturated carbocycles. The molecule has 1 heteroatoms. The lowest BCUT2D eigenvalue weighted by atomic mass is 9.84. The molecule has 27 heavy (non-hydrogen) atoms. The molecular formula is C26H44O. The number of hydrogen-bond donors (Lipinski definition) is 1. The Balaban J connectivity index is 1.66. The van der Waals surface area contributed by atoms with Crippen LogP contribution in [0.1, 0.15) is 116 Å². The van der Waals surface area contributed by atoms with Crippen LogP contribution in [-0.2, 0) is 12.8 Å². The number of benzene rings is 1. The summed E-state index contributed by atoms with van der Waals surface area (Å²) >= 11 is 0. The average Bonchev–Trinajstić information content (AvgIpc) is 3.36. The number of phenols is 1. The Kier molecular flexibility index (Phi) is 8.70. The van der Waals surface area contributed by atoms with E-state index in [2.05, 4.69) is 33.8 Å². The molecule has 2 rings (SSSR count). The van der Waals surface area contributed by atoms with Gasteiger partial charge in [0.15, 0.2) is 0 Å². The smallest absolute Gasteiger partial charge is 0.115 e. The Bertz CT molecular complexity index is 553. The highest BCUT2D eigenvalue weighted by Crippen LogP contribution is 2.49.